The lowest BCUT2D eigenvalue weighted by atomic mass is 10.2. The molecular weight excluding hydrogens is 375 g/mol. The minimum Gasteiger partial charge on any atom is -0.486 e. The molecule has 6 nitrogen and oxygen atoms in total. The van der Waals surface area contributed by atoms with E-state index < -0.39 is 11.8 Å². The summed E-state index contributed by atoms with van der Waals surface area (Å²) in [6.45, 7) is 0.106. The minimum atomic E-state index is -0.825. The van der Waals surface area contributed by atoms with Gasteiger partial charge in [-0.05, 0) is 54.6 Å². The molecule has 0 fully saturated rings. The molecule has 3 rings (SSSR count). The predicted octanol–water partition coefficient (Wildman–Crippen LogP) is 4.13. The summed E-state index contributed by atoms with van der Waals surface area (Å²) in [4.78, 5) is 16.7. The predicted molar refractivity (Wildman–Crippen MR) is 97.0 cm³/mol. The Kier molecular flexibility index (Phi) is 5.73. The molecule has 0 saturated heterocycles. The number of nitrogens with zero attached hydrogens (tertiary/aromatic N) is 1. The first-order valence-corrected chi connectivity index (χ1v) is 8.17. The number of benzene rings is 2. The molecule has 3 aromatic rings. The fraction of sp³-hybridized carbons (Fsp3) is 0.0526. The maximum absolute atomic E-state index is 12.9. The number of carbonyl (C=O) groups is 1. The molecule has 0 aliphatic carbocycles. The summed E-state index contributed by atoms with van der Waals surface area (Å²) < 4.78 is 23.8. The van der Waals surface area contributed by atoms with Crippen molar-refractivity contribution in [3.63, 3.8) is 0 Å². The third kappa shape index (κ3) is 5.08. The van der Waals surface area contributed by atoms with Gasteiger partial charge in [-0.3, -0.25) is 0 Å². The van der Waals surface area contributed by atoms with E-state index in [0.29, 0.717) is 22.1 Å². The Bertz CT molecular complexity index is 970. The Balaban J connectivity index is 1.58. The first-order valence-electron chi connectivity index (χ1n) is 7.79. The van der Waals surface area contributed by atoms with Crippen LogP contribution in [-0.4, -0.2) is 11.8 Å². The first-order chi connectivity index (χ1) is 13.0. The lowest BCUT2D eigenvalue weighted by molar-refractivity contribution is 0.0475. The van der Waals surface area contributed by atoms with Crippen LogP contribution in [0.5, 0.6) is 5.75 Å². The van der Waals surface area contributed by atoms with Crippen LogP contribution >= 0.6 is 11.6 Å². The van der Waals surface area contributed by atoms with Crippen LogP contribution in [0, 0.1) is 5.82 Å². The van der Waals surface area contributed by atoms with Crippen LogP contribution in [-0.2, 0) is 11.4 Å². The maximum atomic E-state index is 12.9. The lowest BCUT2D eigenvalue weighted by Gasteiger charge is -2.04. The average molecular weight is 389 g/mol. The number of hydrogen-bond donors (Lipinski definition) is 1. The molecule has 138 valence electrons. The van der Waals surface area contributed by atoms with Crippen molar-refractivity contribution in [1.82, 2.24) is 0 Å². The number of amidine groups is 1. The van der Waals surface area contributed by atoms with Gasteiger partial charge in [-0.25, -0.2) is 9.18 Å². The second-order valence-corrected chi connectivity index (χ2v) is 5.81. The number of hydrogen-bond acceptors (Lipinski definition) is 5. The highest BCUT2D eigenvalue weighted by Crippen LogP contribution is 2.19. The molecule has 27 heavy (non-hydrogen) atoms. The van der Waals surface area contributed by atoms with Crippen LogP contribution < -0.4 is 10.5 Å². The second-order valence-electron chi connectivity index (χ2n) is 5.37. The van der Waals surface area contributed by atoms with Crippen LogP contribution in [0.3, 0.4) is 0 Å². The van der Waals surface area contributed by atoms with Crippen molar-refractivity contribution < 1.29 is 23.2 Å². The molecule has 0 aliphatic heterocycles. The van der Waals surface area contributed by atoms with E-state index in [0.717, 1.165) is 0 Å². The lowest BCUT2D eigenvalue weighted by Crippen LogP contribution is -2.15. The number of carbonyl (C=O) groups excluding carboxylic acids is 1. The standard InChI is InChI=1S/C19H14ClFN2O4/c20-13-2-1-3-15(10-13)25-11-16-8-9-17(26-16)19(24)27-23-18(22)12-4-6-14(21)7-5-12/h1-10H,11H2,(H2,22,23). The number of furan rings is 1. The molecule has 1 aromatic heterocycles. The highest BCUT2D eigenvalue weighted by molar-refractivity contribution is 6.30. The number of halogens is 2. The Hall–Kier alpha value is -3.32. The molecule has 0 radical (unpaired) electrons. The Morgan fingerprint density at radius 2 is 1.93 bits per heavy atom. The van der Waals surface area contributed by atoms with E-state index in [1.807, 2.05) is 0 Å². The van der Waals surface area contributed by atoms with E-state index in [2.05, 4.69) is 5.16 Å². The zero-order chi connectivity index (χ0) is 19.2. The normalized spacial score (nSPS) is 11.3. The Morgan fingerprint density at radius 3 is 2.67 bits per heavy atom. The molecule has 0 aliphatic rings. The monoisotopic (exact) mass is 388 g/mol. The summed E-state index contributed by atoms with van der Waals surface area (Å²) in [7, 11) is 0. The number of rotatable bonds is 6. The summed E-state index contributed by atoms with van der Waals surface area (Å²) in [6, 6.07) is 15.2. The molecule has 2 N–H and O–H groups in total. The van der Waals surface area contributed by atoms with Crippen molar-refractivity contribution in [3.8, 4) is 5.75 Å². The van der Waals surface area contributed by atoms with Crippen molar-refractivity contribution in [2.45, 2.75) is 6.61 Å². The fourth-order valence-electron chi connectivity index (χ4n) is 2.09. The quantitative estimate of drug-likeness (QED) is 0.297. The molecule has 0 saturated carbocycles. The van der Waals surface area contributed by atoms with Gasteiger partial charge in [-0.15, -0.1) is 0 Å². The topological polar surface area (TPSA) is 87.1 Å². The molecule has 0 amide bonds. The van der Waals surface area contributed by atoms with Gasteiger partial charge in [0.25, 0.3) is 0 Å². The Labute approximate surface area is 158 Å². The molecule has 0 unspecified atom stereocenters. The summed E-state index contributed by atoms with van der Waals surface area (Å²) in [5.41, 5.74) is 6.11. The molecule has 0 atom stereocenters. The maximum Gasteiger partial charge on any atom is 0.400 e. The summed E-state index contributed by atoms with van der Waals surface area (Å²) in [5.74, 6) is -0.382. The van der Waals surface area contributed by atoms with Crippen LogP contribution in [0.4, 0.5) is 4.39 Å². The van der Waals surface area contributed by atoms with E-state index >= 15 is 0 Å². The van der Waals surface area contributed by atoms with Gasteiger partial charge in [-0.2, -0.15) is 0 Å². The molecule has 8 heteroatoms. The molecular formula is C19H14ClFN2O4. The van der Waals surface area contributed by atoms with Gasteiger partial charge in [0.05, 0.1) is 0 Å². The van der Waals surface area contributed by atoms with Gasteiger partial charge in [0, 0.05) is 10.6 Å². The zero-order valence-corrected chi connectivity index (χ0v) is 14.7. The average Bonchev–Trinajstić information content (AvgIpc) is 3.14. The molecule has 0 spiro atoms. The van der Waals surface area contributed by atoms with Crippen molar-refractivity contribution in [3.05, 3.63) is 88.6 Å². The summed E-state index contributed by atoms with van der Waals surface area (Å²) in [5, 5.41) is 4.08. The van der Waals surface area contributed by atoms with Crippen LogP contribution in [0.15, 0.2) is 70.2 Å². The van der Waals surface area contributed by atoms with Crippen LogP contribution in [0.2, 0.25) is 5.02 Å². The highest BCUT2D eigenvalue weighted by atomic mass is 35.5. The second kappa shape index (κ2) is 8.37. The highest BCUT2D eigenvalue weighted by Gasteiger charge is 2.14. The van der Waals surface area contributed by atoms with Crippen molar-refractivity contribution in [1.29, 1.82) is 0 Å². The van der Waals surface area contributed by atoms with E-state index in [1.54, 1.807) is 30.3 Å². The zero-order valence-electron chi connectivity index (χ0n) is 13.9. The summed E-state index contributed by atoms with van der Waals surface area (Å²) in [6.07, 6.45) is 0. The number of ether oxygens (including phenoxy) is 1. The fourth-order valence-corrected chi connectivity index (χ4v) is 2.27. The van der Waals surface area contributed by atoms with Gasteiger partial charge in [0.1, 0.15) is 23.9 Å². The van der Waals surface area contributed by atoms with Gasteiger partial charge in [-0.1, -0.05) is 22.8 Å². The largest absolute Gasteiger partial charge is 0.486 e. The van der Waals surface area contributed by atoms with Crippen LogP contribution in [0.25, 0.3) is 0 Å². The molecule has 1 heterocycles. The van der Waals surface area contributed by atoms with E-state index in [9.17, 15) is 9.18 Å². The third-order valence-electron chi connectivity index (χ3n) is 3.41. The summed E-state index contributed by atoms with van der Waals surface area (Å²) >= 11 is 5.88. The van der Waals surface area contributed by atoms with Crippen LogP contribution in [0.1, 0.15) is 21.9 Å². The van der Waals surface area contributed by atoms with Gasteiger partial charge >= 0.3 is 5.97 Å². The number of nitrogens with two attached hydrogens (primary N) is 1. The minimum absolute atomic E-state index is 0.0599. The first kappa shape index (κ1) is 18.5. The SMILES string of the molecule is N/C(=N\OC(=O)c1ccc(COc2cccc(Cl)c2)o1)c1ccc(F)cc1. The van der Waals surface area contributed by atoms with E-state index in [4.69, 9.17) is 31.3 Å². The third-order valence-corrected chi connectivity index (χ3v) is 3.64. The van der Waals surface area contributed by atoms with Crippen molar-refractivity contribution in [2.75, 3.05) is 0 Å². The van der Waals surface area contributed by atoms with Crippen molar-refractivity contribution >= 4 is 23.4 Å². The molecule has 0 bridgehead atoms. The van der Waals surface area contributed by atoms with E-state index in [-0.39, 0.29) is 18.2 Å². The Morgan fingerprint density at radius 1 is 1.15 bits per heavy atom. The number of oxime groups is 1. The van der Waals surface area contributed by atoms with Gasteiger partial charge in [0.2, 0.25) is 5.76 Å². The van der Waals surface area contributed by atoms with Gasteiger partial charge in [0.15, 0.2) is 5.84 Å². The van der Waals surface area contributed by atoms with Crippen molar-refractivity contribution in [2.24, 2.45) is 10.9 Å². The van der Waals surface area contributed by atoms with Gasteiger partial charge < -0.3 is 19.7 Å². The molecule has 2 aromatic carbocycles. The van der Waals surface area contributed by atoms with E-state index in [1.165, 1.54) is 30.3 Å². The smallest absolute Gasteiger partial charge is 0.400 e.